The summed E-state index contributed by atoms with van der Waals surface area (Å²) in [6.45, 7) is 2.94. The Kier molecular flexibility index (Phi) is 4.08. The Labute approximate surface area is 129 Å². The highest BCUT2D eigenvalue weighted by molar-refractivity contribution is 7.10. The van der Waals surface area contributed by atoms with Gasteiger partial charge in [-0.15, -0.1) is 11.3 Å². The average Bonchev–Trinajstić information content (AvgIpc) is 3.06. The van der Waals surface area contributed by atoms with Crippen LogP contribution < -0.4 is 5.32 Å². The van der Waals surface area contributed by atoms with E-state index in [4.69, 9.17) is 0 Å². The van der Waals surface area contributed by atoms with Crippen molar-refractivity contribution in [2.75, 3.05) is 13.6 Å². The maximum atomic E-state index is 12.9. The lowest BCUT2D eigenvalue weighted by Gasteiger charge is -2.32. The van der Waals surface area contributed by atoms with Gasteiger partial charge in [-0.05, 0) is 35.9 Å². The predicted molar refractivity (Wildman–Crippen MR) is 86.4 cm³/mol. The number of hydrogen-bond acceptors (Lipinski definition) is 3. The van der Waals surface area contributed by atoms with Gasteiger partial charge in [0.2, 0.25) is 5.91 Å². The molecule has 3 nitrogen and oxygen atoms in total. The summed E-state index contributed by atoms with van der Waals surface area (Å²) in [6, 6.07) is 12.2. The van der Waals surface area contributed by atoms with Gasteiger partial charge in [0.25, 0.3) is 0 Å². The van der Waals surface area contributed by atoms with Crippen LogP contribution in [0.2, 0.25) is 0 Å². The van der Waals surface area contributed by atoms with Crippen molar-refractivity contribution in [1.29, 1.82) is 0 Å². The molecule has 0 fully saturated rings. The minimum absolute atomic E-state index is 0.105. The molecular formula is C17H20N2OS. The number of rotatable bonds is 3. The zero-order chi connectivity index (χ0) is 14.8. The molecule has 2 aromatic rings. The lowest BCUT2D eigenvalue weighted by Crippen LogP contribution is -2.43. The van der Waals surface area contributed by atoms with Crippen molar-refractivity contribution in [3.63, 3.8) is 0 Å². The Morgan fingerprint density at radius 1 is 1.33 bits per heavy atom. The first-order valence-electron chi connectivity index (χ1n) is 7.29. The predicted octanol–water partition coefficient (Wildman–Crippen LogP) is 3.15. The summed E-state index contributed by atoms with van der Waals surface area (Å²) in [6.07, 6.45) is 0.990. The number of thiophene rings is 1. The van der Waals surface area contributed by atoms with Crippen LogP contribution in [0.25, 0.3) is 0 Å². The van der Waals surface area contributed by atoms with Crippen LogP contribution in [0.1, 0.15) is 35.0 Å². The van der Waals surface area contributed by atoms with E-state index in [1.54, 1.807) is 11.3 Å². The topological polar surface area (TPSA) is 32.3 Å². The van der Waals surface area contributed by atoms with Gasteiger partial charge in [-0.3, -0.25) is 4.79 Å². The number of nitrogens with zero attached hydrogens (tertiary/aromatic N) is 1. The van der Waals surface area contributed by atoms with E-state index >= 15 is 0 Å². The molecule has 1 N–H and O–H groups in total. The largest absolute Gasteiger partial charge is 0.337 e. The smallest absolute Gasteiger partial charge is 0.244 e. The van der Waals surface area contributed by atoms with Crippen LogP contribution in [0.4, 0.5) is 0 Å². The van der Waals surface area contributed by atoms with Crippen LogP contribution in [0.5, 0.6) is 0 Å². The zero-order valence-corrected chi connectivity index (χ0v) is 13.2. The van der Waals surface area contributed by atoms with Crippen molar-refractivity contribution in [2.24, 2.45) is 0 Å². The van der Waals surface area contributed by atoms with Crippen LogP contribution in [-0.4, -0.2) is 24.4 Å². The van der Waals surface area contributed by atoms with E-state index in [9.17, 15) is 4.79 Å². The standard InChI is InChI=1S/C17H20N2OS/c1-12(15-8-5-11-21-15)19(2)17(20)16-14-7-4-3-6-13(14)9-10-18-16/h3-8,11-12,16,18H,9-10H2,1-2H3. The molecule has 21 heavy (non-hydrogen) atoms. The summed E-state index contributed by atoms with van der Waals surface area (Å²) in [4.78, 5) is 15.9. The number of benzene rings is 1. The zero-order valence-electron chi connectivity index (χ0n) is 12.4. The fourth-order valence-electron chi connectivity index (χ4n) is 2.84. The Balaban J connectivity index is 1.83. The van der Waals surface area contributed by atoms with Crippen LogP contribution >= 0.6 is 11.3 Å². The molecular weight excluding hydrogens is 280 g/mol. The van der Waals surface area contributed by atoms with Crippen molar-refractivity contribution in [3.05, 3.63) is 57.8 Å². The molecule has 1 amide bonds. The third-order valence-corrected chi connectivity index (χ3v) is 5.28. The highest BCUT2D eigenvalue weighted by atomic mass is 32.1. The Bertz CT molecular complexity index is 623. The molecule has 0 saturated heterocycles. The normalized spacial score (nSPS) is 18.9. The molecule has 0 aliphatic carbocycles. The molecule has 0 radical (unpaired) electrons. The molecule has 2 heterocycles. The van der Waals surface area contributed by atoms with E-state index in [0.717, 1.165) is 18.5 Å². The van der Waals surface area contributed by atoms with Crippen LogP contribution in [0.3, 0.4) is 0 Å². The minimum Gasteiger partial charge on any atom is -0.337 e. The number of amides is 1. The number of carbonyl (C=O) groups is 1. The summed E-state index contributed by atoms with van der Waals surface area (Å²) in [5.41, 5.74) is 2.41. The molecule has 2 unspecified atom stereocenters. The highest BCUT2D eigenvalue weighted by Gasteiger charge is 2.30. The summed E-state index contributed by atoms with van der Waals surface area (Å²) in [5, 5.41) is 5.42. The average molecular weight is 300 g/mol. The first kappa shape index (κ1) is 14.3. The van der Waals surface area contributed by atoms with E-state index in [-0.39, 0.29) is 18.0 Å². The Morgan fingerprint density at radius 2 is 2.14 bits per heavy atom. The van der Waals surface area contributed by atoms with E-state index < -0.39 is 0 Å². The molecule has 1 aliphatic heterocycles. The van der Waals surface area contributed by atoms with Gasteiger partial charge in [0, 0.05) is 18.5 Å². The maximum Gasteiger partial charge on any atom is 0.244 e. The van der Waals surface area contributed by atoms with E-state index in [1.807, 2.05) is 30.1 Å². The summed E-state index contributed by atoms with van der Waals surface area (Å²) in [5.74, 6) is 0.142. The minimum atomic E-state index is -0.220. The van der Waals surface area contributed by atoms with Gasteiger partial charge in [-0.25, -0.2) is 0 Å². The van der Waals surface area contributed by atoms with Gasteiger partial charge < -0.3 is 10.2 Å². The Morgan fingerprint density at radius 3 is 2.90 bits per heavy atom. The van der Waals surface area contributed by atoms with Gasteiger partial charge in [-0.2, -0.15) is 0 Å². The van der Waals surface area contributed by atoms with Crippen molar-refractivity contribution in [2.45, 2.75) is 25.4 Å². The third-order valence-electron chi connectivity index (χ3n) is 4.24. The van der Waals surface area contributed by atoms with E-state index in [0.29, 0.717) is 0 Å². The first-order valence-corrected chi connectivity index (χ1v) is 8.17. The SMILES string of the molecule is CC(c1cccs1)N(C)C(=O)C1NCCc2ccccc21. The van der Waals surface area contributed by atoms with Crippen LogP contribution in [0.15, 0.2) is 41.8 Å². The molecule has 2 atom stereocenters. The Hall–Kier alpha value is -1.65. The first-order chi connectivity index (χ1) is 10.2. The maximum absolute atomic E-state index is 12.9. The third kappa shape index (κ3) is 2.74. The second-order valence-corrected chi connectivity index (χ2v) is 6.46. The second kappa shape index (κ2) is 6.00. The van der Waals surface area contributed by atoms with Gasteiger partial charge in [0.1, 0.15) is 6.04 Å². The van der Waals surface area contributed by atoms with Gasteiger partial charge in [0.15, 0.2) is 0 Å². The molecule has 4 heteroatoms. The summed E-state index contributed by atoms with van der Waals surface area (Å²) in [7, 11) is 1.89. The van der Waals surface area contributed by atoms with Crippen molar-refractivity contribution in [3.8, 4) is 0 Å². The molecule has 3 rings (SSSR count). The molecule has 1 aliphatic rings. The molecule has 0 bridgehead atoms. The van der Waals surface area contributed by atoms with E-state index in [1.165, 1.54) is 10.4 Å². The van der Waals surface area contributed by atoms with Crippen molar-refractivity contribution >= 4 is 17.2 Å². The monoisotopic (exact) mass is 300 g/mol. The van der Waals surface area contributed by atoms with Crippen LogP contribution in [0, 0.1) is 0 Å². The number of carbonyl (C=O) groups excluding carboxylic acids is 1. The van der Waals surface area contributed by atoms with Crippen LogP contribution in [-0.2, 0) is 11.2 Å². The molecule has 0 spiro atoms. The van der Waals surface area contributed by atoms with Crippen molar-refractivity contribution in [1.82, 2.24) is 10.2 Å². The fourth-order valence-corrected chi connectivity index (χ4v) is 3.67. The molecule has 1 aromatic heterocycles. The van der Waals surface area contributed by atoms with Gasteiger partial charge >= 0.3 is 0 Å². The number of likely N-dealkylation sites (N-methyl/N-ethyl adjacent to an activating group) is 1. The number of fused-ring (bicyclic) bond motifs is 1. The van der Waals surface area contributed by atoms with Crippen molar-refractivity contribution < 1.29 is 4.79 Å². The van der Waals surface area contributed by atoms with Gasteiger partial charge in [0.05, 0.1) is 6.04 Å². The lowest BCUT2D eigenvalue weighted by molar-refractivity contribution is -0.134. The quantitative estimate of drug-likeness (QED) is 0.944. The molecule has 1 aromatic carbocycles. The lowest BCUT2D eigenvalue weighted by atomic mass is 9.93. The summed E-state index contributed by atoms with van der Waals surface area (Å²) < 4.78 is 0. The fraction of sp³-hybridized carbons (Fsp3) is 0.353. The second-order valence-electron chi connectivity index (χ2n) is 5.48. The molecule has 0 saturated carbocycles. The summed E-state index contributed by atoms with van der Waals surface area (Å²) >= 11 is 1.69. The van der Waals surface area contributed by atoms with Gasteiger partial charge in [-0.1, -0.05) is 30.3 Å². The molecule has 110 valence electrons. The number of hydrogen-bond donors (Lipinski definition) is 1. The highest BCUT2D eigenvalue weighted by Crippen LogP contribution is 2.29. The van der Waals surface area contributed by atoms with E-state index in [2.05, 4.69) is 35.8 Å². The number of nitrogens with one attached hydrogen (secondary N) is 1.